The summed E-state index contributed by atoms with van der Waals surface area (Å²) in [4.78, 5) is 25.0. The molecule has 1 amide bonds. The standard InChI is InChI=1S/C24H28N2O5/c1-16-14-22(17(2)26(16)15-21-6-5-13-30-21)24(28)31-18(3)23(27)25-12-11-19-7-9-20(29-4)10-8-19/h5-10,13-14,18H,11-12,15H2,1-4H3,(H,25,27)/t18-/m0/s1. The number of benzene rings is 1. The van der Waals surface area contributed by atoms with E-state index in [-0.39, 0.29) is 5.91 Å². The first kappa shape index (κ1) is 22.2. The Kier molecular flexibility index (Phi) is 7.18. The Labute approximate surface area is 182 Å². The van der Waals surface area contributed by atoms with Gasteiger partial charge >= 0.3 is 5.97 Å². The molecule has 164 valence electrons. The van der Waals surface area contributed by atoms with Gasteiger partial charge in [-0.25, -0.2) is 4.79 Å². The summed E-state index contributed by atoms with van der Waals surface area (Å²) in [6.45, 7) is 6.32. The van der Waals surface area contributed by atoms with Gasteiger partial charge in [-0.15, -0.1) is 0 Å². The maximum absolute atomic E-state index is 12.7. The number of aryl methyl sites for hydroxylation is 1. The van der Waals surface area contributed by atoms with Gasteiger partial charge in [-0.2, -0.15) is 0 Å². The molecule has 7 heteroatoms. The predicted octanol–water partition coefficient (Wildman–Crippen LogP) is 3.66. The van der Waals surface area contributed by atoms with Crippen LogP contribution in [0.5, 0.6) is 5.75 Å². The molecule has 0 aliphatic carbocycles. The van der Waals surface area contributed by atoms with E-state index in [9.17, 15) is 9.59 Å². The average molecular weight is 424 g/mol. The second-order valence-corrected chi connectivity index (χ2v) is 7.39. The van der Waals surface area contributed by atoms with Crippen molar-refractivity contribution < 1.29 is 23.5 Å². The molecule has 1 N–H and O–H groups in total. The molecule has 1 aromatic carbocycles. The number of hydrogen-bond donors (Lipinski definition) is 1. The second kappa shape index (κ2) is 10.0. The van der Waals surface area contributed by atoms with Crippen molar-refractivity contribution in [1.82, 2.24) is 9.88 Å². The van der Waals surface area contributed by atoms with Gasteiger partial charge in [-0.05, 0) is 63.1 Å². The van der Waals surface area contributed by atoms with Crippen LogP contribution in [0.4, 0.5) is 0 Å². The van der Waals surface area contributed by atoms with Crippen LogP contribution in [0.3, 0.4) is 0 Å². The van der Waals surface area contributed by atoms with E-state index in [0.29, 0.717) is 25.1 Å². The minimum Gasteiger partial charge on any atom is -0.497 e. The fourth-order valence-electron chi connectivity index (χ4n) is 3.35. The van der Waals surface area contributed by atoms with Crippen molar-refractivity contribution in [2.75, 3.05) is 13.7 Å². The summed E-state index contributed by atoms with van der Waals surface area (Å²) in [7, 11) is 1.62. The highest BCUT2D eigenvalue weighted by Crippen LogP contribution is 2.19. The first-order valence-corrected chi connectivity index (χ1v) is 10.2. The number of amides is 1. The maximum Gasteiger partial charge on any atom is 0.340 e. The molecule has 0 spiro atoms. The molecule has 0 aliphatic heterocycles. The number of aromatic nitrogens is 1. The Hall–Kier alpha value is -3.48. The van der Waals surface area contributed by atoms with Crippen molar-refractivity contribution in [1.29, 1.82) is 0 Å². The van der Waals surface area contributed by atoms with Crippen molar-refractivity contribution in [3.8, 4) is 5.75 Å². The largest absolute Gasteiger partial charge is 0.497 e. The maximum atomic E-state index is 12.7. The Balaban J connectivity index is 1.52. The summed E-state index contributed by atoms with van der Waals surface area (Å²) in [5, 5.41) is 2.81. The Morgan fingerprint density at radius 1 is 1.16 bits per heavy atom. The highest BCUT2D eigenvalue weighted by atomic mass is 16.5. The normalized spacial score (nSPS) is 11.7. The summed E-state index contributed by atoms with van der Waals surface area (Å²) >= 11 is 0. The number of carbonyl (C=O) groups is 2. The van der Waals surface area contributed by atoms with E-state index in [0.717, 1.165) is 28.5 Å². The molecule has 2 aromatic heterocycles. The van der Waals surface area contributed by atoms with Crippen molar-refractivity contribution in [3.05, 3.63) is 77.0 Å². The number of hydrogen-bond acceptors (Lipinski definition) is 5. The molecule has 3 rings (SSSR count). The van der Waals surface area contributed by atoms with E-state index in [1.165, 1.54) is 0 Å². The SMILES string of the molecule is COc1ccc(CCNC(=O)[C@H](C)OC(=O)c2cc(C)n(Cc3ccco3)c2C)cc1. The lowest BCUT2D eigenvalue weighted by atomic mass is 10.1. The van der Waals surface area contributed by atoms with Crippen LogP contribution < -0.4 is 10.1 Å². The topological polar surface area (TPSA) is 82.7 Å². The summed E-state index contributed by atoms with van der Waals surface area (Å²) < 4.78 is 17.9. The number of esters is 1. The van der Waals surface area contributed by atoms with Gasteiger partial charge in [-0.3, -0.25) is 4.79 Å². The number of carbonyl (C=O) groups excluding carboxylic acids is 2. The minimum absolute atomic E-state index is 0.328. The number of nitrogens with one attached hydrogen (secondary N) is 1. The molecular formula is C24H28N2O5. The third-order valence-electron chi connectivity index (χ3n) is 5.21. The van der Waals surface area contributed by atoms with Crippen molar-refractivity contribution in [2.24, 2.45) is 0 Å². The summed E-state index contributed by atoms with van der Waals surface area (Å²) in [5.74, 6) is 0.742. The number of rotatable bonds is 9. The van der Waals surface area contributed by atoms with Gasteiger partial charge in [0.15, 0.2) is 6.10 Å². The fourth-order valence-corrected chi connectivity index (χ4v) is 3.35. The first-order chi connectivity index (χ1) is 14.9. The van der Waals surface area contributed by atoms with Crippen LogP contribution >= 0.6 is 0 Å². The Morgan fingerprint density at radius 3 is 2.55 bits per heavy atom. The molecule has 1 atom stereocenters. The van der Waals surface area contributed by atoms with Gasteiger partial charge in [0.05, 0.1) is 25.5 Å². The number of nitrogens with zero attached hydrogens (tertiary/aromatic N) is 1. The quantitative estimate of drug-likeness (QED) is 0.530. The lowest BCUT2D eigenvalue weighted by Crippen LogP contribution is -2.37. The average Bonchev–Trinajstić information content (AvgIpc) is 3.38. The zero-order valence-electron chi connectivity index (χ0n) is 18.3. The molecule has 0 fully saturated rings. The van der Waals surface area contributed by atoms with E-state index in [1.54, 1.807) is 26.4 Å². The molecular weight excluding hydrogens is 396 g/mol. The van der Waals surface area contributed by atoms with Crippen LogP contribution in [0.25, 0.3) is 0 Å². The summed E-state index contributed by atoms with van der Waals surface area (Å²) in [5.41, 5.74) is 3.21. The van der Waals surface area contributed by atoms with Crippen molar-refractivity contribution >= 4 is 11.9 Å². The van der Waals surface area contributed by atoms with E-state index in [1.807, 2.05) is 54.8 Å². The molecule has 31 heavy (non-hydrogen) atoms. The van der Waals surface area contributed by atoms with Crippen LogP contribution in [0.1, 0.15) is 40.0 Å². The van der Waals surface area contributed by atoms with E-state index >= 15 is 0 Å². The zero-order valence-corrected chi connectivity index (χ0v) is 18.3. The molecule has 0 radical (unpaired) electrons. The molecule has 0 bridgehead atoms. The van der Waals surface area contributed by atoms with Gasteiger partial charge in [0.25, 0.3) is 5.91 Å². The fraction of sp³-hybridized carbons (Fsp3) is 0.333. The highest BCUT2D eigenvalue weighted by molar-refractivity contribution is 5.93. The van der Waals surface area contributed by atoms with E-state index in [4.69, 9.17) is 13.9 Å². The third kappa shape index (κ3) is 5.57. The Bertz CT molecular complexity index is 1020. The van der Waals surface area contributed by atoms with Crippen molar-refractivity contribution in [3.63, 3.8) is 0 Å². The summed E-state index contributed by atoms with van der Waals surface area (Å²) in [6, 6.07) is 13.1. The number of furan rings is 1. The number of methoxy groups -OCH3 is 1. The minimum atomic E-state index is -0.892. The Morgan fingerprint density at radius 2 is 1.90 bits per heavy atom. The van der Waals surface area contributed by atoms with Gasteiger partial charge in [0.1, 0.15) is 11.5 Å². The van der Waals surface area contributed by atoms with Crippen LogP contribution in [-0.2, 0) is 22.5 Å². The lowest BCUT2D eigenvalue weighted by Gasteiger charge is -2.14. The smallest absolute Gasteiger partial charge is 0.340 e. The lowest BCUT2D eigenvalue weighted by molar-refractivity contribution is -0.129. The molecule has 3 aromatic rings. The van der Waals surface area contributed by atoms with Crippen LogP contribution in [0.15, 0.2) is 53.1 Å². The molecule has 0 saturated heterocycles. The zero-order chi connectivity index (χ0) is 22.4. The predicted molar refractivity (Wildman–Crippen MR) is 116 cm³/mol. The molecule has 0 aliphatic rings. The first-order valence-electron chi connectivity index (χ1n) is 10.2. The van der Waals surface area contributed by atoms with E-state index in [2.05, 4.69) is 5.32 Å². The van der Waals surface area contributed by atoms with Crippen LogP contribution in [0, 0.1) is 13.8 Å². The van der Waals surface area contributed by atoms with Crippen molar-refractivity contribution in [2.45, 2.75) is 39.8 Å². The molecule has 7 nitrogen and oxygen atoms in total. The second-order valence-electron chi connectivity index (χ2n) is 7.39. The van der Waals surface area contributed by atoms with Gasteiger partial charge in [-0.1, -0.05) is 12.1 Å². The summed E-state index contributed by atoms with van der Waals surface area (Å²) in [6.07, 6.45) is 1.40. The highest BCUT2D eigenvalue weighted by Gasteiger charge is 2.22. The van der Waals surface area contributed by atoms with Gasteiger partial charge in [0, 0.05) is 17.9 Å². The van der Waals surface area contributed by atoms with Crippen LogP contribution in [-0.4, -0.2) is 36.2 Å². The van der Waals surface area contributed by atoms with E-state index < -0.39 is 12.1 Å². The van der Waals surface area contributed by atoms with Gasteiger partial charge < -0.3 is 23.8 Å². The number of ether oxygens (including phenoxy) is 2. The molecule has 0 saturated carbocycles. The third-order valence-corrected chi connectivity index (χ3v) is 5.21. The van der Waals surface area contributed by atoms with Gasteiger partial charge in [0.2, 0.25) is 0 Å². The molecule has 2 heterocycles. The van der Waals surface area contributed by atoms with Crippen LogP contribution in [0.2, 0.25) is 0 Å². The monoisotopic (exact) mass is 424 g/mol. The molecule has 0 unspecified atom stereocenters.